The van der Waals surface area contributed by atoms with Gasteiger partial charge in [0, 0.05) is 0 Å². The molecule has 0 aromatic rings. The van der Waals surface area contributed by atoms with E-state index in [0.717, 1.165) is 0 Å². The van der Waals surface area contributed by atoms with Gasteiger partial charge in [0.15, 0.2) is 0 Å². The maximum absolute atomic E-state index is 12.3. The van der Waals surface area contributed by atoms with Crippen molar-refractivity contribution in [3.8, 4) is 0 Å². The van der Waals surface area contributed by atoms with Gasteiger partial charge in [-0.05, 0) is 37.8 Å². The average Bonchev–Trinajstić information content (AvgIpc) is 2.68. The van der Waals surface area contributed by atoms with Gasteiger partial charge in [-0.2, -0.15) is 11.8 Å². The van der Waals surface area contributed by atoms with Crippen molar-refractivity contribution in [2.45, 2.75) is 50.2 Å². The Morgan fingerprint density at radius 3 is 2.17 bits per heavy atom. The number of hydrogen-bond donors (Lipinski definition) is 7. The highest BCUT2D eigenvalue weighted by Crippen LogP contribution is 2.03. The second-order valence-corrected chi connectivity index (χ2v) is 7.49. The van der Waals surface area contributed by atoms with Crippen LogP contribution < -0.4 is 27.4 Å². The maximum Gasteiger partial charge on any atom is 0.326 e. The molecule has 3 amide bonds. The van der Waals surface area contributed by atoms with Crippen LogP contribution in [0.5, 0.6) is 0 Å². The molecule has 0 radical (unpaired) electrons. The van der Waals surface area contributed by atoms with E-state index < -0.39 is 60.8 Å². The molecule has 0 spiro atoms. The summed E-state index contributed by atoms with van der Waals surface area (Å²) in [6.45, 7) is -0.0363. The monoisotopic (exact) mass is 449 g/mol. The van der Waals surface area contributed by atoms with Crippen LogP contribution in [0.1, 0.15) is 32.1 Å². The number of aliphatic carboxylic acids is 2. The van der Waals surface area contributed by atoms with Crippen LogP contribution >= 0.6 is 11.8 Å². The number of carboxylic acid groups (broad SMARTS) is 2. The number of carboxylic acids is 2. The quantitative estimate of drug-likeness (QED) is 0.127. The van der Waals surface area contributed by atoms with E-state index in [9.17, 15) is 29.1 Å². The summed E-state index contributed by atoms with van der Waals surface area (Å²) in [5, 5.41) is 24.9. The van der Waals surface area contributed by atoms with Gasteiger partial charge in [-0.15, -0.1) is 0 Å². The molecule has 9 N–H and O–H groups in total. The number of unbranched alkanes of at least 4 members (excludes halogenated alkanes) is 1. The molecule has 0 rings (SSSR count). The Hall–Kier alpha value is -2.38. The average molecular weight is 450 g/mol. The molecule has 0 aliphatic carbocycles. The van der Waals surface area contributed by atoms with Gasteiger partial charge in [0.05, 0.1) is 19.0 Å². The van der Waals surface area contributed by atoms with E-state index in [1.165, 1.54) is 11.8 Å². The van der Waals surface area contributed by atoms with Gasteiger partial charge in [0.2, 0.25) is 17.7 Å². The lowest BCUT2D eigenvalue weighted by molar-refractivity contribution is -0.143. The molecular weight excluding hydrogens is 418 g/mol. The van der Waals surface area contributed by atoms with E-state index in [-0.39, 0.29) is 6.42 Å². The van der Waals surface area contributed by atoms with Gasteiger partial charge >= 0.3 is 11.9 Å². The first-order valence-electron chi connectivity index (χ1n) is 9.39. The zero-order chi connectivity index (χ0) is 23.1. The standard InChI is InChI=1S/C17H31N5O7S/c1-30-7-5-11(17(28)29)22-16(27)12(8-14(24)25)21-13(23)9-20-15(26)10(19)4-2-3-6-18/h10-12H,2-9,18-19H2,1H3,(H,20,26)(H,21,23)(H,22,27)(H,24,25)(H,28,29). The normalized spacial score (nSPS) is 13.6. The summed E-state index contributed by atoms with van der Waals surface area (Å²) in [4.78, 5) is 58.5. The first-order chi connectivity index (χ1) is 14.1. The molecule has 3 atom stereocenters. The fraction of sp³-hybridized carbons (Fsp3) is 0.706. The fourth-order valence-electron chi connectivity index (χ4n) is 2.33. The molecule has 0 saturated heterocycles. The maximum atomic E-state index is 12.3. The summed E-state index contributed by atoms with van der Waals surface area (Å²) >= 11 is 1.39. The van der Waals surface area contributed by atoms with Crippen LogP contribution in [0.25, 0.3) is 0 Å². The molecule has 0 aliphatic heterocycles. The fourth-order valence-corrected chi connectivity index (χ4v) is 2.80. The number of carbonyl (C=O) groups is 5. The van der Waals surface area contributed by atoms with Gasteiger partial charge < -0.3 is 37.6 Å². The molecule has 0 aliphatic rings. The smallest absolute Gasteiger partial charge is 0.326 e. The summed E-state index contributed by atoms with van der Waals surface area (Å²) in [6, 6.07) is -3.54. The van der Waals surface area contributed by atoms with E-state index in [1.54, 1.807) is 6.26 Å². The van der Waals surface area contributed by atoms with E-state index in [4.69, 9.17) is 16.6 Å². The minimum absolute atomic E-state index is 0.133. The topological polar surface area (TPSA) is 214 Å². The van der Waals surface area contributed by atoms with Gasteiger partial charge in [-0.25, -0.2) is 4.79 Å². The van der Waals surface area contributed by atoms with Crippen LogP contribution in [0.3, 0.4) is 0 Å². The van der Waals surface area contributed by atoms with Crippen molar-refractivity contribution in [2.24, 2.45) is 11.5 Å². The van der Waals surface area contributed by atoms with Crippen molar-refractivity contribution in [2.75, 3.05) is 25.1 Å². The van der Waals surface area contributed by atoms with Crippen LogP contribution in [0, 0.1) is 0 Å². The van der Waals surface area contributed by atoms with Crippen LogP contribution in [0.15, 0.2) is 0 Å². The lowest BCUT2D eigenvalue weighted by atomic mass is 10.1. The number of amides is 3. The molecule has 172 valence electrons. The number of nitrogens with one attached hydrogen (secondary N) is 3. The summed E-state index contributed by atoms with van der Waals surface area (Å²) < 4.78 is 0. The third kappa shape index (κ3) is 12.2. The molecule has 3 unspecified atom stereocenters. The van der Waals surface area contributed by atoms with E-state index >= 15 is 0 Å². The molecule has 12 nitrogen and oxygen atoms in total. The molecule has 0 fully saturated rings. The van der Waals surface area contributed by atoms with E-state index in [1.807, 2.05) is 0 Å². The summed E-state index contributed by atoms with van der Waals surface area (Å²) in [6.07, 6.45) is 2.90. The van der Waals surface area contributed by atoms with Crippen molar-refractivity contribution >= 4 is 41.4 Å². The highest BCUT2D eigenvalue weighted by atomic mass is 32.2. The molecule has 13 heteroatoms. The SMILES string of the molecule is CSCCC(NC(=O)C(CC(=O)O)NC(=O)CNC(=O)C(N)CCCCN)C(=O)O. The van der Waals surface area contributed by atoms with Gasteiger partial charge in [0.1, 0.15) is 12.1 Å². The molecular formula is C17H31N5O7S. The van der Waals surface area contributed by atoms with Crippen molar-refractivity contribution in [3.05, 3.63) is 0 Å². The third-order valence-corrected chi connectivity index (χ3v) is 4.63. The second-order valence-electron chi connectivity index (χ2n) is 6.51. The molecule has 0 aromatic heterocycles. The first-order valence-corrected chi connectivity index (χ1v) is 10.8. The number of thioether (sulfide) groups is 1. The minimum atomic E-state index is -1.50. The summed E-state index contributed by atoms with van der Waals surface area (Å²) in [7, 11) is 0. The van der Waals surface area contributed by atoms with Crippen molar-refractivity contribution in [1.29, 1.82) is 0 Å². The van der Waals surface area contributed by atoms with Gasteiger partial charge in [-0.3, -0.25) is 19.2 Å². The molecule has 0 aromatic carbocycles. The summed E-state index contributed by atoms with van der Waals surface area (Å²) in [5.41, 5.74) is 11.1. The van der Waals surface area contributed by atoms with Crippen molar-refractivity contribution in [1.82, 2.24) is 16.0 Å². The van der Waals surface area contributed by atoms with Crippen molar-refractivity contribution < 1.29 is 34.2 Å². The Morgan fingerprint density at radius 2 is 1.63 bits per heavy atom. The Morgan fingerprint density at radius 1 is 0.967 bits per heavy atom. The van der Waals surface area contributed by atoms with Crippen molar-refractivity contribution in [3.63, 3.8) is 0 Å². The lowest BCUT2D eigenvalue weighted by Crippen LogP contribution is -2.54. The Balaban J connectivity index is 4.77. The Labute approximate surface area is 178 Å². The van der Waals surface area contributed by atoms with Crippen LogP contribution in [-0.4, -0.2) is 83.1 Å². The number of hydrogen-bond acceptors (Lipinski definition) is 8. The minimum Gasteiger partial charge on any atom is -0.481 e. The largest absolute Gasteiger partial charge is 0.481 e. The highest BCUT2D eigenvalue weighted by molar-refractivity contribution is 7.98. The third-order valence-electron chi connectivity index (χ3n) is 3.98. The lowest BCUT2D eigenvalue weighted by Gasteiger charge is -2.20. The van der Waals surface area contributed by atoms with Gasteiger partial charge in [-0.1, -0.05) is 6.42 Å². The van der Waals surface area contributed by atoms with Gasteiger partial charge in [0.25, 0.3) is 0 Å². The molecule has 0 saturated carbocycles. The molecule has 30 heavy (non-hydrogen) atoms. The van der Waals surface area contributed by atoms with E-state index in [0.29, 0.717) is 31.6 Å². The number of nitrogens with two attached hydrogens (primary N) is 2. The Bertz CT molecular complexity index is 605. The summed E-state index contributed by atoms with van der Waals surface area (Å²) in [5.74, 6) is -4.49. The van der Waals surface area contributed by atoms with Crippen LogP contribution in [0.2, 0.25) is 0 Å². The molecule has 0 bridgehead atoms. The number of rotatable bonds is 16. The predicted octanol–water partition coefficient (Wildman–Crippen LogP) is -2.16. The van der Waals surface area contributed by atoms with E-state index in [2.05, 4.69) is 16.0 Å². The first kappa shape index (κ1) is 27.6. The zero-order valence-corrected chi connectivity index (χ0v) is 17.7. The highest BCUT2D eigenvalue weighted by Gasteiger charge is 2.28. The zero-order valence-electron chi connectivity index (χ0n) is 16.9. The van der Waals surface area contributed by atoms with Crippen LogP contribution in [0.4, 0.5) is 0 Å². The predicted molar refractivity (Wildman–Crippen MR) is 111 cm³/mol. The molecule has 0 heterocycles. The second kappa shape index (κ2) is 15.5. The van der Waals surface area contributed by atoms with Crippen LogP contribution in [-0.2, 0) is 24.0 Å². The Kier molecular flexibility index (Phi) is 14.2. The number of carbonyl (C=O) groups excluding carboxylic acids is 3.